The maximum Gasteiger partial charge on any atom is 0.120 e. The lowest BCUT2D eigenvalue weighted by atomic mass is 10.0. The predicted molar refractivity (Wildman–Crippen MR) is 289 cm³/mol. The van der Waals surface area contributed by atoms with Gasteiger partial charge in [-0.15, -0.1) is 11.8 Å². The lowest BCUT2D eigenvalue weighted by molar-refractivity contribution is 0.200. The minimum Gasteiger partial charge on any atom is -0.498 e. The largest absolute Gasteiger partial charge is 0.498 e. The Kier molecular flexibility index (Phi) is 15.2. The molecule has 2 aromatic heterocycles. The molecule has 2 heterocycles. The molecule has 2 aliphatic carbocycles. The molecule has 0 N–H and O–H groups in total. The number of thioether (sulfide) groups is 1. The zero-order valence-corrected chi connectivity index (χ0v) is 42.2. The molecule has 6 nitrogen and oxygen atoms in total. The Morgan fingerprint density at radius 3 is 1.68 bits per heavy atom. The van der Waals surface area contributed by atoms with Crippen LogP contribution < -0.4 is 14.4 Å². The van der Waals surface area contributed by atoms with Crippen molar-refractivity contribution in [1.29, 1.82) is 0 Å². The average Bonchev–Trinajstić information content (AvgIpc) is 3.84. The van der Waals surface area contributed by atoms with Gasteiger partial charge in [0.1, 0.15) is 11.5 Å². The van der Waals surface area contributed by atoms with Crippen LogP contribution in [-0.4, -0.2) is 34.7 Å². The second kappa shape index (κ2) is 21.7. The van der Waals surface area contributed by atoms with Crippen molar-refractivity contribution in [2.75, 3.05) is 30.5 Å². The van der Waals surface area contributed by atoms with Gasteiger partial charge in [-0.05, 0) is 192 Å². The molecule has 0 spiro atoms. The molecule has 2 aliphatic rings. The highest BCUT2D eigenvalue weighted by molar-refractivity contribution is 14.1. The highest BCUT2D eigenvalue weighted by Gasteiger charge is 2.24. The van der Waals surface area contributed by atoms with Gasteiger partial charge in [0.25, 0.3) is 0 Å². The molecule has 0 aliphatic heterocycles. The third-order valence-electron chi connectivity index (χ3n) is 12.9. The summed E-state index contributed by atoms with van der Waals surface area (Å²) in [5, 5.41) is 3.64. The predicted octanol–water partition coefficient (Wildman–Crippen LogP) is 17.2. The number of allylic oxidation sites excluding steroid dienone is 5. The Labute approximate surface area is 409 Å². The number of nitrogens with zero attached hydrogens (tertiary/aromatic N) is 3. The smallest absolute Gasteiger partial charge is 0.120 e. The van der Waals surface area contributed by atoms with Crippen molar-refractivity contribution in [2.24, 2.45) is 0 Å². The summed E-state index contributed by atoms with van der Waals surface area (Å²) in [7, 11) is 0. The molecular formula is C58H64IN3O3S. The zero-order chi connectivity index (χ0) is 45.4. The summed E-state index contributed by atoms with van der Waals surface area (Å²) in [4.78, 5) is 3.79. The summed E-state index contributed by atoms with van der Waals surface area (Å²) in [6.07, 6.45) is 19.7. The van der Waals surface area contributed by atoms with Crippen molar-refractivity contribution < 1.29 is 14.2 Å². The molecule has 5 aromatic carbocycles. The number of ether oxygens (including phenoxy) is 3. The minimum atomic E-state index is 0.718. The summed E-state index contributed by atoms with van der Waals surface area (Å²) in [5.41, 5.74) is 12.1. The second-order valence-electron chi connectivity index (χ2n) is 17.6. The van der Waals surface area contributed by atoms with E-state index in [1.165, 1.54) is 65.6 Å². The molecule has 0 unspecified atom stereocenters. The number of hydrogen-bond donors (Lipinski definition) is 0. The SMILES string of the molecule is CCCCOC1=Cc2c(n(-c3ccc(N(C4=CC=C(I)CC4)c4ccc(-n5c6ccc(OCCCC)cc6c6cc(OCCCC)ccc65)cc4)cc3)c3ccc(SCCCC)cc23)CC1. The van der Waals surface area contributed by atoms with Gasteiger partial charge in [-0.3, -0.25) is 0 Å². The fourth-order valence-corrected chi connectivity index (χ4v) is 10.8. The van der Waals surface area contributed by atoms with E-state index in [0.717, 1.165) is 135 Å². The number of rotatable bonds is 21. The van der Waals surface area contributed by atoms with E-state index in [-0.39, 0.29) is 0 Å². The lowest BCUT2D eigenvalue weighted by Gasteiger charge is -2.30. The Morgan fingerprint density at radius 1 is 0.545 bits per heavy atom. The molecule has 0 radical (unpaired) electrons. The molecule has 342 valence electrons. The number of aromatic nitrogens is 2. The third-order valence-corrected chi connectivity index (χ3v) is 14.9. The van der Waals surface area contributed by atoms with E-state index in [1.807, 2.05) is 11.8 Å². The number of halogens is 1. The van der Waals surface area contributed by atoms with E-state index in [0.29, 0.717) is 0 Å². The maximum absolute atomic E-state index is 6.33. The van der Waals surface area contributed by atoms with E-state index >= 15 is 0 Å². The fraction of sp³-hybridized carbons (Fsp3) is 0.345. The first-order chi connectivity index (χ1) is 32.5. The molecule has 8 heteroatoms. The first-order valence-corrected chi connectivity index (χ1v) is 26.6. The van der Waals surface area contributed by atoms with E-state index in [9.17, 15) is 0 Å². The van der Waals surface area contributed by atoms with Gasteiger partial charge in [-0.2, -0.15) is 0 Å². The molecule has 9 rings (SSSR count). The van der Waals surface area contributed by atoms with Crippen molar-refractivity contribution in [3.05, 3.63) is 142 Å². The van der Waals surface area contributed by atoms with Gasteiger partial charge in [-0.25, -0.2) is 0 Å². The van der Waals surface area contributed by atoms with Gasteiger partial charge in [0, 0.05) is 67.2 Å². The van der Waals surface area contributed by atoms with Crippen LogP contribution in [-0.2, 0) is 11.2 Å². The van der Waals surface area contributed by atoms with Crippen LogP contribution in [0.25, 0.3) is 50.2 Å². The van der Waals surface area contributed by atoms with E-state index in [1.54, 1.807) is 0 Å². The third kappa shape index (κ3) is 9.96. The topological polar surface area (TPSA) is 40.8 Å². The highest BCUT2D eigenvalue weighted by Crippen LogP contribution is 2.42. The number of anilines is 2. The van der Waals surface area contributed by atoms with Gasteiger partial charge in [-0.1, -0.05) is 59.5 Å². The molecule has 0 saturated carbocycles. The normalized spacial score (nSPS) is 13.7. The molecule has 0 bridgehead atoms. The van der Waals surface area contributed by atoms with Crippen molar-refractivity contribution in [3.63, 3.8) is 0 Å². The van der Waals surface area contributed by atoms with Crippen LogP contribution in [0.3, 0.4) is 0 Å². The van der Waals surface area contributed by atoms with E-state index in [2.05, 4.69) is 186 Å². The van der Waals surface area contributed by atoms with Gasteiger partial charge in [0.2, 0.25) is 0 Å². The maximum atomic E-state index is 6.33. The van der Waals surface area contributed by atoms with Gasteiger partial charge in [0.05, 0.1) is 42.1 Å². The average molecular weight is 1010 g/mol. The molecule has 0 saturated heterocycles. The Hall–Kier alpha value is -5.06. The summed E-state index contributed by atoms with van der Waals surface area (Å²) < 4.78 is 25.0. The summed E-state index contributed by atoms with van der Waals surface area (Å²) in [5.74, 6) is 4.07. The van der Waals surface area contributed by atoms with Crippen molar-refractivity contribution in [1.82, 2.24) is 9.13 Å². The molecule has 7 aromatic rings. The standard InChI is InChI=1S/C58H64IN3O3S/c1-5-9-33-63-47-25-29-55-51(37-47)52-38-48(64-34-10-6-2)26-30-56(52)61(55)45-21-17-43(18-22-45)60(42-15-13-41(59)14-16-42)44-19-23-46(24-20-44)62-57-31-27-49(65-35-11-7-3)39-53(57)54-40-50(28-32-58(54)62)66-36-12-8-4/h13,15,17-26,28-30,32,37-40H,5-12,14,16,27,31,33-36H2,1-4H3. The molecule has 0 amide bonds. The van der Waals surface area contributed by atoms with E-state index < -0.39 is 0 Å². The minimum absolute atomic E-state index is 0.718. The second-order valence-corrected chi connectivity index (χ2v) is 20.2. The zero-order valence-electron chi connectivity index (χ0n) is 39.2. The first-order valence-electron chi connectivity index (χ1n) is 24.5. The van der Waals surface area contributed by atoms with Gasteiger partial charge >= 0.3 is 0 Å². The fourth-order valence-electron chi connectivity index (χ4n) is 9.29. The Bertz CT molecular complexity index is 2820. The molecule has 0 fully saturated rings. The summed E-state index contributed by atoms with van der Waals surface area (Å²) >= 11 is 4.45. The Morgan fingerprint density at radius 2 is 1.11 bits per heavy atom. The number of hydrogen-bond acceptors (Lipinski definition) is 5. The molecule has 66 heavy (non-hydrogen) atoms. The van der Waals surface area contributed by atoms with Crippen LogP contribution in [0, 0.1) is 0 Å². The van der Waals surface area contributed by atoms with Crippen LogP contribution in [0.1, 0.15) is 110 Å². The quantitative estimate of drug-likeness (QED) is 0.0408. The van der Waals surface area contributed by atoms with E-state index in [4.69, 9.17) is 14.2 Å². The number of fused-ring (bicyclic) bond motifs is 6. The lowest BCUT2D eigenvalue weighted by Crippen LogP contribution is -2.18. The van der Waals surface area contributed by atoms with Crippen molar-refractivity contribution in [2.45, 2.75) is 110 Å². The summed E-state index contributed by atoms with van der Waals surface area (Å²) in [6.45, 7) is 11.1. The van der Waals surface area contributed by atoms with Crippen LogP contribution in [0.15, 0.2) is 135 Å². The van der Waals surface area contributed by atoms with Gasteiger partial charge < -0.3 is 28.2 Å². The molecule has 0 atom stereocenters. The van der Waals surface area contributed by atoms with Crippen LogP contribution in [0.4, 0.5) is 11.4 Å². The Balaban J connectivity index is 1.08. The number of benzene rings is 5. The van der Waals surface area contributed by atoms with Crippen molar-refractivity contribution >= 4 is 84.5 Å². The van der Waals surface area contributed by atoms with Crippen LogP contribution in [0.2, 0.25) is 0 Å². The van der Waals surface area contributed by atoms with Crippen LogP contribution >= 0.6 is 34.4 Å². The van der Waals surface area contributed by atoms with Crippen molar-refractivity contribution in [3.8, 4) is 22.9 Å². The summed E-state index contributed by atoms with van der Waals surface area (Å²) in [6, 6.07) is 38.5. The molecular weight excluding hydrogens is 946 g/mol. The van der Waals surface area contributed by atoms with Crippen LogP contribution in [0.5, 0.6) is 11.5 Å². The monoisotopic (exact) mass is 1010 g/mol. The highest BCUT2D eigenvalue weighted by atomic mass is 127. The number of unbranched alkanes of at least 4 members (excludes halogenated alkanes) is 4. The van der Waals surface area contributed by atoms with Gasteiger partial charge in [0.15, 0.2) is 0 Å². The first kappa shape index (κ1) is 46.1.